The number of thiazole rings is 1. The van der Waals surface area contributed by atoms with Gasteiger partial charge >= 0.3 is 0 Å². The standard InChI is InChI=1S/C17H30N4S2/c1-5-22-15-8-6-7-14(11-15)21-17(18-4)19-10-9-16-12(2)20-13(3)23-16/h14-15H,5-11H2,1-4H3,(H2,18,19,21). The van der Waals surface area contributed by atoms with Gasteiger partial charge in [0.1, 0.15) is 0 Å². The van der Waals surface area contributed by atoms with Crippen molar-refractivity contribution < 1.29 is 0 Å². The van der Waals surface area contributed by atoms with E-state index in [1.54, 1.807) is 11.3 Å². The van der Waals surface area contributed by atoms with E-state index in [0.717, 1.165) is 29.2 Å². The number of aryl methyl sites for hydroxylation is 2. The van der Waals surface area contributed by atoms with Gasteiger partial charge in [0.25, 0.3) is 0 Å². The number of guanidine groups is 1. The molecule has 2 atom stereocenters. The van der Waals surface area contributed by atoms with Crippen molar-refractivity contribution >= 4 is 29.1 Å². The number of aliphatic imine (C=N–C) groups is 1. The predicted octanol–water partition coefficient (Wildman–Crippen LogP) is 3.53. The Labute approximate surface area is 149 Å². The van der Waals surface area contributed by atoms with Gasteiger partial charge in [0.05, 0.1) is 10.7 Å². The molecule has 1 aromatic rings. The zero-order chi connectivity index (χ0) is 16.7. The molecule has 1 aliphatic carbocycles. The van der Waals surface area contributed by atoms with Gasteiger partial charge in [-0.3, -0.25) is 4.99 Å². The third kappa shape index (κ3) is 5.99. The number of rotatable bonds is 6. The van der Waals surface area contributed by atoms with Crippen LogP contribution in [0.2, 0.25) is 0 Å². The summed E-state index contributed by atoms with van der Waals surface area (Å²) in [6.45, 7) is 7.33. The number of nitrogens with zero attached hydrogens (tertiary/aromatic N) is 2. The Morgan fingerprint density at radius 3 is 2.87 bits per heavy atom. The fourth-order valence-corrected chi connectivity index (χ4v) is 5.26. The van der Waals surface area contributed by atoms with E-state index < -0.39 is 0 Å². The number of hydrogen-bond acceptors (Lipinski definition) is 4. The molecular formula is C17H30N4S2. The topological polar surface area (TPSA) is 49.3 Å². The molecule has 23 heavy (non-hydrogen) atoms. The van der Waals surface area contributed by atoms with Gasteiger partial charge in [0.2, 0.25) is 0 Å². The second kappa shape index (κ2) is 9.52. The van der Waals surface area contributed by atoms with Gasteiger partial charge in [-0.25, -0.2) is 4.98 Å². The Bertz CT molecular complexity index is 511. The largest absolute Gasteiger partial charge is 0.356 e. The second-order valence-corrected chi connectivity index (χ2v) is 8.94. The number of nitrogens with one attached hydrogen (secondary N) is 2. The van der Waals surface area contributed by atoms with Crippen LogP contribution in [0.4, 0.5) is 0 Å². The molecule has 0 amide bonds. The molecule has 0 spiro atoms. The molecule has 4 nitrogen and oxygen atoms in total. The summed E-state index contributed by atoms with van der Waals surface area (Å²) < 4.78 is 0. The highest BCUT2D eigenvalue weighted by molar-refractivity contribution is 7.99. The highest BCUT2D eigenvalue weighted by Crippen LogP contribution is 2.28. The molecule has 0 bridgehead atoms. The van der Waals surface area contributed by atoms with Crippen molar-refractivity contribution in [3.63, 3.8) is 0 Å². The molecular weight excluding hydrogens is 324 g/mol. The van der Waals surface area contributed by atoms with Gasteiger partial charge < -0.3 is 10.6 Å². The van der Waals surface area contributed by atoms with E-state index in [4.69, 9.17) is 0 Å². The summed E-state index contributed by atoms with van der Waals surface area (Å²) in [5.74, 6) is 2.16. The molecule has 1 fully saturated rings. The minimum Gasteiger partial charge on any atom is -0.356 e. The lowest BCUT2D eigenvalue weighted by molar-refractivity contribution is 0.419. The first kappa shape index (κ1) is 18.6. The SMILES string of the molecule is CCSC1CCCC(NC(=NC)NCCc2sc(C)nc2C)C1. The first-order valence-electron chi connectivity index (χ1n) is 8.64. The molecule has 2 rings (SSSR count). The van der Waals surface area contributed by atoms with Crippen molar-refractivity contribution in [3.05, 3.63) is 15.6 Å². The quantitative estimate of drug-likeness (QED) is 0.606. The molecule has 2 N–H and O–H groups in total. The minimum absolute atomic E-state index is 0.561. The monoisotopic (exact) mass is 354 g/mol. The highest BCUT2D eigenvalue weighted by Gasteiger charge is 2.22. The molecule has 0 radical (unpaired) electrons. The zero-order valence-electron chi connectivity index (χ0n) is 14.8. The van der Waals surface area contributed by atoms with E-state index in [-0.39, 0.29) is 0 Å². The fourth-order valence-electron chi connectivity index (χ4n) is 3.15. The average Bonchev–Trinajstić information content (AvgIpc) is 2.85. The van der Waals surface area contributed by atoms with Crippen LogP contribution in [0.1, 0.15) is 48.2 Å². The number of aromatic nitrogens is 1. The molecule has 0 aliphatic heterocycles. The van der Waals surface area contributed by atoms with Crippen molar-refractivity contribution in [2.45, 2.75) is 64.2 Å². The van der Waals surface area contributed by atoms with E-state index in [1.807, 2.05) is 7.05 Å². The first-order chi connectivity index (χ1) is 11.1. The van der Waals surface area contributed by atoms with Gasteiger partial charge in [-0.15, -0.1) is 11.3 Å². The second-order valence-electron chi connectivity index (χ2n) is 6.08. The molecule has 0 saturated heterocycles. The van der Waals surface area contributed by atoms with Crippen LogP contribution in [-0.4, -0.2) is 41.6 Å². The Balaban J connectivity index is 1.76. The van der Waals surface area contributed by atoms with Gasteiger partial charge in [-0.2, -0.15) is 11.8 Å². The molecule has 1 heterocycles. The summed E-state index contributed by atoms with van der Waals surface area (Å²) in [6, 6.07) is 0.561. The zero-order valence-corrected chi connectivity index (χ0v) is 16.4. The van der Waals surface area contributed by atoms with E-state index in [9.17, 15) is 0 Å². The van der Waals surface area contributed by atoms with Crippen LogP contribution in [0.15, 0.2) is 4.99 Å². The van der Waals surface area contributed by atoms with Gasteiger partial charge in [0.15, 0.2) is 5.96 Å². The number of thioether (sulfide) groups is 1. The van der Waals surface area contributed by atoms with Crippen molar-refractivity contribution in [3.8, 4) is 0 Å². The number of hydrogen-bond donors (Lipinski definition) is 2. The normalized spacial score (nSPS) is 22.2. The van der Waals surface area contributed by atoms with Crippen LogP contribution in [0, 0.1) is 13.8 Å². The summed E-state index contributed by atoms with van der Waals surface area (Å²) in [5.41, 5.74) is 1.17. The minimum atomic E-state index is 0.561. The Hall–Kier alpha value is -0.750. The molecule has 130 valence electrons. The van der Waals surface area contributed by atoms with Crippen LogP contribution < -0.4 is 10.6 Å². The average molecular weight is 355 g/mol. The van der Waals surface area contributed by atoms with Crippen LogP contribution >= 0.6 is 23.1 Å². The molecule has 1 aromatic heterocycles. The maximum absolute atomic E-state index is 4.49. The van der Waals surface area contributed by atoms with E-state index >= 15 is 0 Å². The van der Waals surface area contributed by atoms with Crippen LogP contribution in [0.25, 0.3) is 0 Å². The first-order valence-corrected chi connectivity index (χ1v) is 10.5. The van der Waals surface area contributed by atoms with E-state index in [0.29, 0.717) is 6.04 Å². The lowest BCUT2D eigenvalue weighted by Crippen LogP contribution is -2.46. The molecule has 0 aromatic carbocycles. The van der Waals surface area contributed by atoms with Gasteiger partial charge in [0, 0.05) is 36.2 Å². The van der Waals surface area contributed by atoms with Crippen LogP contribution in [0.3, 0.4) is 0 Å². The van der Waals surface area contributed by atoms with Crippen molar-refractivity contribution in [2.24, 2.45) is 4.99 Å². The lowest BCUT2D eigenvalue weighted by Gasteiger charge is -2.30. The van der Waals surface area contributed by atoms with Gasteiger partial charge in [-0.1, -0.05) is 13.3 Å². The van der Waals surface area contributed by atoms with E-state index in [1.165, 1.54) is 42.0 Å². The summed E-state index contributed by atoms with van der Waals surface area (Å²) >= 11 is 3.90. The summed E-state index contributed by atoms with van der Waals surface area (Å²) in [7, 11) is 1.86. The van der Waals surface area contributed by atoms with E-state index in [2.05, 4.69) is 53.1 Å². The Morgan fingerprint density at radius 1 is 1.39 bits per heavy atom. The van der Waals surface area contributed by atoms with Crippen LogP contribution in [-0.2, 0) is 6.42 Å². The molecule has 6 heteroatoms. The maximum atomic E-state index is 4.49. The highest BCUT2D eigenvalue weighted by atomic mass is 32.2. The van der Waals surface area contributed by atoms with Crippen LogP contribution in [0.5, 0.6) is 0 Å². The lowest BCUT2D eigenvalue weighted by atomic mass is 9.95. The Kier molecular flexibility index (Phi) is 7.70. The Morgan fingerprint density at radius 2 is 2.22 bits per heavy atom. The molecule has 1 aliphatic rings. The summed E-state index contributed by atoms with van der Waals surface area (Å²) in [4.78, 5) is 10.3. The van der Waals surface area contributed by atoms with Crippen molar-refractivity contribution in [1.82, 2.24) is 15.6 Å². The van der Waals surface area contributed by atoms with Crippen molar-refractivity contribution in [2.75, 3.05) is 19.3 Å². The molecule has 2 unspecified atom stereocenters. The van der Waals surface area contributed by atoms with Crippen molar-refractivity contribution in [1.29, 1.82) is 0 Å². The third-order valence-electron chi connectivity index (χ3n) is 4.24. The summed E-state index contributed by atoms with van der Waals surface area (Å²) in [6.07, 6.45) is 6.22. The summed E-state index contributed by atoms with van der Waals surface area (Å²) in [5, 5.41) is 9.04. The fraction of sp³-hybridized carbons (Fsp3) is 0.765. The third-order valence-corrected chi connectivity index (χ3v) is 6.60. The predicted molar refractivity (Wildman–Crippen MR) is 104 cm³/mol. The van der Waals surface area contributed by atoms with Gasteiger partial charge in [-0.05, 0) is 38.9 Å². The smallest absolute Gasteiger partial charge is 0.191 e. The molecule has 1 saturated carbocycles. The maximum Gasteiger partial charge on any atom is 0.191 e.